The first-order chi connectivity index (χ1) is 12.8. The maximum absolute atomic E-state index is 6.05. The Bertz CT molecular complexity index is 1110. The molecule has 1 N–H and O–H groups in total. The van der Waals surface area contributed by atoms with Crippen molar-refractivity contribution < 1.29 is 0 Å². The third-order valence-corrected chi connectivity index (χ3v) is 4.99. The molecule has 2 heterocycles. The number of nitrogens with zero attached hydrogens (tertiary/aromatic N) is 2. The molecule has 126 valence electrons. The van der Waals surface area contributed by atoms with Crippen molar-refractivity contribution in [3.8, 4) is 0 Å². The lowest BCUT2D eigenvalue weighted by atomic mass is 10.0. The summed E-state index contributed by atoms with van der Waals surface area (Å²) in [5.74, 6) is 0.854. The molecular formula is C22H16ClN3. The highest BCUT2D eigenvalue weighted by Gasteiger charge is 2.25. The van der Waals surface area contributed by atoms with Gasteiger partial charge in [-0.1, -0.05) is 66.2 Å². The van der Waals surface area contributed by atoms with Gasteiger partial charge in [-0.2, -0.15) is 0 Å². The molecule has 5 rings (SSSR count). The van der Waals surface area contributed by atoms with Gasteiger partial charge in [-0.3, -0.25) is 4.57 Å². The monoisotopic (exact) mass is 357 g/mol. The molecular weight excluding hydrogens is 342 g/mol. The Labute approximate surface area is 156 Å². The van der Waals surface area contributed by atoms with E-state index >= 15 is 0 Å². The van der Waals surface area contributed by atoms with Gasteiger partial charge in [0.1, 0.15) is 0 Å². The fourth-order valence-electron chi connectivity index (χ4n) is 3.50. The van der Waals surface area contributed by atoms with Crippen molar-refractivity contribution >= 4 is 34.3 Å². The minimum atomic E-state index is 0.0746. The van der Waals surface area contributed by atoms with Gasteiger partial charge in [0.15, 0.2) is 0 Å². The molecule has 4 aromatic rings. The van der Waals surface area contributed by atoms with Crippen molar-refractivity contribution in [1.82, 2.24) is 9.55 Å². The molecule has 0 saturated carbocycles. The zero-order chi connectivity index (χ0) is 17.5. The molecule has 0 radical (unpaired) electrons. The summed E-state index contributed by atoms with van der Waals surface area (Å²) in [6.07, 6.45) is 2.25. The van der Waals surface area contributed by atoms with Crippen LogP contribution in [0.15, 0.2) is 84.9 Å². The van der Waals surface area contributed by atoms with E-state index in [1.54, 1.807) is 0 Å². The second-order valence-corrected chi connectivity index (χ2v) is 6.80. The van der Waals surface area contributed by atoms with Crippen molar-refractivity contribution in [2.24, 2.45) is 0 Å². The lowest BCUT2D eigenvalue weighted by Crippen LogP contribution is -2.19. The molecule has 0 unspecified atom stereocenters. The summed E-state index contributed by atoms with van der Waals surface area (Å²) in [6.45, 7) is 0. The standard InChI is InChI=1S/C22H16ClN3/c23-17-12-10-15(11-13-17)19-14-21(16-6-2-1-3-7-16)26-20-9-5-4-8-18(20)24-22(26)25-19/h1-14,21H,(H,24,25)/t21-/m1/s1. The first-order valence-electron chi connectivity index (χ1n) is 8.56. The Morgan fingerprint density at radius 2 is 1.58 bits per heavy atom. The molecule has 1 aliphatic heterocycles. The maximum Gasteiger partial charge on any atom is 0.209 e. The minimum Gasteiger partial charge on any atom is -0.325 e. The van der Waals surface area contributed by atoms with E-state index < -0.39 is 0 Å². The number of para-hydroxylation sites is 2. The molecule has 0 amide bonds. The maximum atomic E-state index is 6.05. The van der Waals surface area contributed by atoms with Gasteiger partial charge in [0.2, 0.25) is 5.95 Å². The fourth-order valence-corrected chi connectivity index (χ4v) is 3.63. The van der Waals surface area contributed by atoms with Crippen LogP contribution in [0.1, 0.15) is 17.2 Å². The largest absolute Gasteiger partial charge is 0.325 e. The van der Waals surface area contributed by atoms with Crippen molar-refractivity contribution in [3.63, 3.8) is 0 Å². The second kappa shape index (κ2) is 6.04. The van der Waals surface area contributed by atoms with Crippen LogP contribution in [0, 0.1) is 0 Å². The summed E-state index contributed by atoms with van der Waals surface area (Å²) in [4.78, 5) is 4.81. The smallest absolute Gasteiger partial charge is 0.209 e. The molecule has 0 spiro atoms. The van der Waals surface area contributed by atoms with Crippen LogP contribution in [-0.2, 0) is 0 Å². The lowest BCUT2D eigenvalue weighted by molar-refractivity contribution is 0.720. The molecule has 4 heteroatoms. The van der Waals surface area contributed by atoms with Crippen LogP contribution in [0.5, 0.6) is 0 Å². The number of nitrogens with one attached hydrogen (secondary N) is 1. The summed E-state index contributed by atoms with van der Waals surface area (Å²) in [6, 6.07) is 26.7. The van der Waals surface area contributed by atoms with Crippen molar-refractivity contribution in [2.45, 2.75) is 6.04 Å². The third kappa shape index (κ3) is 2.49. The fraction of sp³-hybridized carbons (Fsp3) is 0.0455. The number of benzene rings is 3. The molecule has 0 bridgehead atoms. The minimum absolute atomic E-state index is 0.0746. The van der Waals surface area contributed by atoms with E-state index in [9.17, 15) is 0 Å². The average Bonchev–Trinajstić information content (AvgIpc) is 3.07. The second-order valence-electron chi connectivity index (χ2n) is 6.36. The number of rotatable bonds is 2. The summed E-state index contributed by atoms with van der Waals surface area (Å²) in [5, 5.41) is 4.23. The molecule has 0 saturated heterocycles. The van der Waals surface area contributed by atoms with E-state index in [2.05, 4.69) is 52.4 Å². The Morgan fingerprint density at radius 1 is 0.846 bits per heavy atom. The van der Waals surface area contributed by atoms with Gasteiger partial charge in [0, 0.05) is 10.7 Å². The highest BCUT2D eigenvalue weighted by molar-refractivity contribution is 6.30. The van der Waals surface area contributed by atoms with Crippen LogP contribution < -0.4 is 5.32 Å². The van der Waals surface area contributed by atoms with Crippen molar-refractivity contribution in [3.05, 3.63) is 101 Å². The summed E-state index contributed by atoms with van der Waals surface area (Å²) in [5.41, 5.74) is 5.47. The van der Waals surface area contributed by atoms with Crippen LogP contribution in [0.4, 0.5) is 5.95 Å². The highest BCUT2D eigenvalue weighted by atomic mass is 35.5. The van der Waals surface area contributed by atoms with E-state index in [4.69, 9.17) is 16.6 Å². The van der Waals surface area contributed by atoms with Crippen LogP contribution in [0.2, 0.25) is 5.02 Å². The van der Waals surface area contributed by atoms with Crippen LogP contribution in [0.25, 0.3) is 16.7 Å². The molecule has 26 heavy (non-hydrogen) atoms. The van der Waals surface area contributed by atoms with E-state index in [0.717, 1.165) is 33.3 Å². The van der Waals surface area contributed by atoms with Gasteiger partial charge in [0.25, 0.3) is 0 Å². The van der Waals surface area contributed by atoms with Crippen LogP contribution in [-0.4, -0.2) is 9.55 Å². The number of aromatic nitrogens is 2. The predicted octanol–water partition coefficient (Wildman–Crippen LogP) is 5.75. The molecule has 0 fully saturated rings. The zero-order valence-corrected chi connectivity index (χ0v) is 14.7. The quantitative estimate of drug-likeness (QED) is 0.495. The third-order valence-electron chi connectivity index (χ3n) is 4.74. The predicted molar refractivity (Wildman–Crippen MR) is 107 cm³/mol. The molecule has 1 aliphatic rings. The molecule has 1 atom stereocenters. The number of allylic oxidation sites excluding steroid dienone is 1. The van der Waals surface area contributed by atoms with E-state index in [1.807, 2.05) is 42.5 Å². The first kappa shape index (κ1) is 15.2. The van der Waals surface area contributed by atoms with Gasteiger partial charge in [0.05, 0.1) is 17.1 Å². The normalized spacial score (nSPS) is 16.0. The van der Waals surface area contributed by atoms with Gasteiger partial charge in [-0.25, -0.2) is 4.98 Å². The molecule has 3 nitrogen and oxygen atoms in total. The Balaban J connectivity index is 1.72. The average molecular weight is 358 g/mol. The van der Waals surface area contributed by atoms with E-state index in [1.165, 1.54) is 5.56 Å². The van der Waals surface area contributed by atoms with Crippen LogP contribution in [0.3, 0.4) is 0 Å². The summed E-state index contributed by atoms with van der Waals surface area (Å²) < 4.78 is 2.25. The Kier molecular flexibility index (Phi) is 3.54. The zero-order valence-electron chi connectivity index (χ0n) is 13.9. The SMILES string of the molecule is Clc1ccc(C2=C[C@H](c3ccccc3)n3c(nc4ccccc43)N2)cc1. The summed E-state index contributed by atoms with van der Waals surface area (Å²) >= 11 is 6.05. The van der Waals surface area contributed by atoms with Gasteiger partial charge in [-0.05, 0) is 41.5 Å². The molecule has 3 aromatic carbocycles. The Morgan fingerprint density at radius 3 is 2.38 bits per heavy atom. The number of imidazole rings is 1. The number of fused-ring (bicyclic) bond motifs is 3. The highest BCUT2D eigenvalue weighted by Crippen LogP contribution is 2.36. The van der Waals surface area contributed by atoms with Crippen LogP contribution >= 0.6 is 11.6 Å². The molecule has 1 aromatic heterocycles. The number of anilines is 1. The molecule has 0 aliphatic carbocycles. The van der Waals surface area contributed by atoms with Gasteiger partial charge >= 0.3 is 0 Å². The van der Waals surface area contributed by atoms with Crippen molar-refractivity contribution in [2.75, 3.05) is 5.32 Å². The van der Waals surface area contributed by atoms with E-state index in [-0.39, 0.29) is 6.04 Å². The number of hydrogen-bond donors (Lipinski definition) is 1. The van der Waals surface area contributed by atoms with Crippen molar-refractivity contribution in [1.29, 1.82) is 0 Å². The lowest BCUT2D eigenvalue weighted by Gasteiger charge is -2.26. The first-order valence-corrected chi connectivity index (χ1v) is 8.94. The number of hydrogen-bond acceptors (Lipinski definition) is 2. The van der Waals surface area contributed by atoms with E-state index in [0.29, 0.717) is 0 Å². The summed E-state index contributed by atoms with van der Waals surface area (Å²) in [7, 11) is 0. The number of halogens is 1. The van der Waals surface area contributed by atoms with Gasteiger partial charge < -0.3 is 5.32 Å². The Hall–Kier alpha value is -3.04. The topological polar surface area (TPSA) is 29.9 Å². The van der Waals surface area contributed by atoms with Gasteiger partial charge in [-0.15, -0.1) is 0 Å².